The highest BCUT2D eigenvalue weighted by Crippen LogP contribution is 2.22. The molecule has 1 aliphatic rings. The first-order valence-corrected chi connectivity index (χ1v) is 7.19. The summed E-state index contributed by atoms with van der Waals surface area (Å²) >= 11 is 0. The maximum Gasteiger partial charge on any atom is 0.256 e. The summed E-state index contributed by atoms with van der Waals surface area (Å²) in [6, 6.07) is 4.30. The summed E-state index contributed by atoms with van der Waals surface area (Å²) in [6.45, 7) is 1.92. The van der Waals surface area contributed by atoms with Gasteiger partial charge in [-0.25, -0.2) is 4.39 Å². The van der Waals surface area contributed by atoms with Gasteiger partial charge in [0.2, 0.25) is 0 Å². The number of piperidine rings is 1. The number of para-hydroxylation sites is 1. The molecule has 3 N–H and O–H groups in total. The Kier molecular flexibility index (Phi) is 5.14. The summed E-state index contributed by atoms with van der Waals surface area (Å²) in [7, 11) is 2.04. The number of rotatable bonds is 4. The SMILES string of the molecule is CN1CCC(N(CCO)C(=O)c2cccc(F)c2N)CC1. The number of carbonyl (C=O) groups is 1. The number of carbonyl (C=O) groups excluding carboxylic acids is 1. The molecule has 1 aliphatic heterocycles. The van der Waals surface area contributed by atoms with E-state index in [0.717, 1.165) is 25.9 Å². The molecule has 0 aliphatic carbocycles. The minimum atomic E-state index is -0.590. The highest BCUT2D eigenvalue weighted by Gasteiger charge is 2.28. The molecular weight excluding hydrogens is 273 g/mol. The largest absolute Gasteiger partial charge is 0.396 e. The van der Waals surface area contributed by atoms with Crippen molar-refractivity contribution >= 4 is 11.6 Å². The van der Waals surface area contributed by atoms with Crippen molar-refractivity contribution in [2.75, 3.05) is 39.0 Å². The van der Waals surface area contributed by atoms with E-state index in [1.165, 1.54) is 18.2 Å². The monoisotopic (exact) mass is 295 g/mol. The predicted molar refractivity (Wildman–Crippen MR) is 79.5 cm³/mol. The number of likely N-dealkylation sites (tertiary alicyclic amines) is 1. The van der Waals surface area contributed by atoms with Crippen LogP contribution in [0.15, 0.2) is 18.2 Å². The molecule has 0 spiro atoms. The molecule has 1 amide bonds. The average Bonchev–Trinajstić information content (AvgIpc) is 2.48. The van der Waals surface area contributed by atoms with E-state index in [2.05, 4.69) is 4.90 Å². The first-order valence-electron chi connectivity index (χ1n) is 7.19. The van der Waals surface area contributed by atoms with Gasteiger partial charge in [-0.1, -0.05) is 6.07 Å². The molecule has 0 unspecified atom stereocenters. The Bertz CT molecular complexity index is 502. The Morgan fingerprint density at radius 2 is 2.14 bits per heavy atom. The van der Waals surface area contributed by atoms with Crippen LogP contribution >= 0.6 is 0 Å². The first kappa shape index (κ1) is 15.7. The van der Waals surface area contributed by atoms with E-state index in [9.17, 15) is 14.3 Å². The lowest BCUT2D eigenvalue weighted by atomic mass is 10.0. The Balaban J connectivity index is 2.21. The lowest BCUT2D eigenvalue weighted by Gasteiger charge is -2.37. The van der Waals surface area contributed by atoms with Gasteiger partial charge in [0.05, 0.1) is 17.9 Å². The Labute approximate surface area is 124 Å². The third-order valence-corrected chi connectivity index (χ3v) is 4.01. The molecule has 1 aromatic carbocycles. The second kappa shape index (κ2) is 6.87. The van der Waals surface area contributed by atoms with Gasteiger partial charge in [0.15, 0.2) is 0 Å². The summed E-state index contributed by atoms with van der Waals surface area (Å²) in [5.74, 6) is -0.899. The molecule has 116 valence electrons. The summed E-state index contributed by atoms with van der Waals surface area (Å²) in [6.07, 6.45) is 1.69. The van der Waals surface area contributed by atoms with Crippen molar-refractivity contribution in [3.8, 4) is 0 Å². The number of hydrogen-bond donors (Lipinski definition) is 2. The third kappa shape index (κ3) is 3.51. The number of halogens is 1. The van der Waals surface area contributed by atoms with Crippen LogP contribution in [0.2, 0.25) is 0 Å². The molecule has 6 heteroatoms. The molecule has 0 atom stereocenters. The van der Waals surface area contributed by atoms with Crippen LogP contribution in [-0.4, -0.2) is 60.1 Å². The number of nitrogens with zero attached hydrogens (tertiary/aromatic N) is 2. The van der Waals surface area contributed by atoms with E-state index in [1.54, 1.807) is 4.90 Å². The fourth-order valence-electron chi connectivity index (χ4n) is 2.74. The predicted octanol–water partition coefficient (Wildman–Crippen LogP) is 0.937. The average molecular weight is 295 g/mol. The van der Waals surface area contributed by atoms with Crippen LogP contribution in [-0.2, 0) is 0 Å². The van der Waals surface area contributed by atoms with Crippen molar-refractivity contribution in [2.45, 2.75) is 18.9 Å². The zero-order chi connectivity index (χ0) is 15.4. The van der Waals surface area contributed by atoms with Crippen LogP contribution in [0.3, 0.4) is 0 Å². The van der Waals surface area contributed by atoms with Crippen LogP contribution in [0.5, 0.6) is 0 Å². The quantitative estimate of drug-likeness (QED) is 0.811. The van der Waals surface area contributed by atoms with Crippen molar-refractivity contribution in [3.05, 3.63) is 29.6 Å². The number of benzene rings is 1. The van der Waals surface area contributed by atoms with Crippen molar-refractivity contribution in [1.82, 2.24) is 9.80 Å². The Morgan fingerprint density at radius 3 is 2.76 bits per heavy atom. The zero-order valence-corrected chi connectivity index (χ0v) is 12.3. The van der Waals surface area contributed by atoms with E-state index in [0.29, 0.717) is 0 Å². The standard InChI is InChI=1S/C15H22FN3O2/c1-18-7-5-11(6-8-18)19(9-10-20)15(21)12-3-2-4-13(16)14(12)17/h2-4,11,20H,5-10,17H2,1H3. The normalized spacial score (nSPS) is 16.9. The van der Waals surface area contributed by atoms with Crippen molar-refractivity contribution in [1.29, 1.82) is 0 Å². The summed E-state index contributed by atoms with van der Waals surface area (Å²) in [5.41, 5.74) is 5.72. The van der Waals surface area contributed by atoms with E-state index < -0.39 is 5.82 Å². The van der Waals surface area contributed by atoms with Gasteiger partial charge in [-0.3, -0.25) is 4.79 Å². The molecule has 21 heavy (non-hydrogen) atoms. The van der Waals surface area contributed by atoms with Crippen LogP contribution in [0.4, 0.5) is 10.1 Å². The maximum atomic E-state index is 13.5. The van der Waals surface area contributed by atoms with Gasteiger partial charge in [-0.2, -0.15) is 0 Å². The van der Waals surface area contributed by atoms with Gasteiger partial charge in [0.1, 0.15) is 5.82 Å². The highest BCUT2D eigenvalue weighted by atomic mass is 19.1. The van der Waals surface area contributed by atoms with E-state index >= 15 is 0 Å². The summed E-state index contributed by atoms with van der Waals surface area (Å²) in [5, 5.41) is 9.23. The van der Waals surface area contributed by atoms with Gasteiger partial charge in [-0.05, 0) is 45.1 Å². The topological polar surface area (TPSA) is 69.8 Å². The van der Waals surface area contributed by atoms with Crippen molar-refractivity contribution < 1.29 is 14.3 Å². The van der Waals surface area contributed by atoms with Crippen LogP contribution in [0.25, 0.3) is 0 Å². The maximum absolute atomic E-state index is 13.5. The molecule has 0 saturated carbocycles. The second-order valence-corrected chi connectivity index (χ2v) is 5.46. The number of amides is 1. The molecule has 1 aromatic rings. The number of anilines is 1. The number of nitrogen functional groups attached to an aromatic ring is 1. The molecule has 1 heterocycles. The zero-order valence-electron chi connectivity index (χ0n) is 12.3. The fraction of sp³-hybridized carbons (Fsp3) is 0.533. The van der Waals surface area contributed by atoms with E-state index in [-0.39, 0.29) is 36.4 Å². The van der Waals surface area contributed by atoms with Gasteiger partial charge in [-0.15, -0.1) is 0 Å². The molecule has 5 nitrogen and oxygen atoms in total. The van der Waals surface area contributed by atoms with Crippen LogP contribution in [0, 0.1) is 5.82 Å². The third-order valence-electron chi connectivity index (χ3n) is 4.01. The van der Waals surface area contributed by atoms with Gasteiger partial charge in [0, 0.05) is 12.6 Å². The smallest absolute Gasteiger partial charge is 0.256 e. The lowest BCUT2D eigenvalue weighted by molar-refractivity contribution is 0.0540. The van der Waals surface area contributed by atoms with Crippen molar-refractivity contribution in [3.63, 3.8) is 0 Å². The molecule has 1 saturated heterocycles. The number of aliphatic hydroxyl groups excluding tert-OH is 1. The van der Waals surface area contributed by atoms with E-state index in [1.807, 2.05) is 7.05 Å². The van der Waals surface area contributed by atoms with Gasteiger partial charge in [0.25, 0.3) is 5.91 Å². The number of nitrogens with two attached hydrogens (primary N) is 1. The molecule has 2 rings (SSSR count). The Morgan fingerprint density at radius 1 is 1.48 bits per heavy atom. The van der Waals surface area contributed by atoms with Crippen molar-refractivity contribution in [2.24, 2.45) is 0 Å². The summed E-state index contributed by atoms with van der Waals surface area (Å²) in [4.78, 5) is 16.5. The second-order valence-electron chi connectivity index (χ2n) is 5.46. The van der Waals surface area contributed by atoms with Crippen LogP contribution in [0.1, 0.15) is 23.2 Å². The summed E-state index contributed by atoms with van der Waals surface area (Å²) < 4.78 is 13.5. The van der Waals surface area contributed by atoms with E-state index in [4.69, 9.17) is 5.73 Å². The molecule has 0 radical (unpaired) electrons. The Hall–Kier alpha value is -1.66. The lowest BCUT2D eigenvalue weighted by Crippen LogP contribution is -2.47. The van der Waals surface area contributed by atoms with Gasteiger partial charge < -0.3 is 20.6 Å². The first-order chi connectivity index (χ1) is 10.0. The molecule has 0 bridgehead atoms. The highest BCUT2D eigenvalue weighted by molar-refractivity contribution is 5.99. The number of hydrogen-bond acceptors (Lipinski definition) is 4. The number of aliphatic hydroxyl groups is 1. The fourth-order valence-corrected chi connectivity index (χ4v) is 2.74. The minimum absolute atomic E-state index is 0.0588. The van der Waals surface area contributed by atoms with Gasteiger partial charge >= 0.3 is 0 Å². The minimum Gasteiger partial charge on any atom is -0.396 e. The molecule has 1 fully saturated rings. The van der Waals surface area contributed by atoms with Crippen LogP contribution < -0.4 is 5.73 Å². The molecule has 0 aromatic heterocycles. The molecular formula is C15H22FN3O2.